The molecule has 0 atom stereocenters. The van der Waals surface area contributed by atoms with Crippen LogP contribution in [-0.4, -0.2) is 17.3 Å². The first-order chi connectivity index (χ1) is 11.8. The molecule has 2 heterocycles. The molecule has 1 aliphatic rings. The number of hydrazone groups is 1. The SMILES string of the molecule is CC/C(=N\Nc1ccc2ccccc2n1)c1ccc2c(c1)CCO2. The zero-order chi connectivity index (χ0) is 16.4. The third-order valence-electron chi connectivity index (χ3n) is 4.26. The Hall–Kier alpha value is -2.88. The molecule has 1 aliphatic heterocycles. The smallest absolute Gasteiger partial charge is 0.146 e. The highest BCUT2D eigenvalue weighted by Gasteiger charge is 2.13. The Morgan fingerprint density at radius 2 is 2.08 bits per heavy atom. The van der Waals surface area contributed by atoms with E-state index in [2.05, 4.69) is 46.7 Å². The van der Waals surface area contributed by atoms with Gasteiger partial charge in [0, 0.05) is 11.8 Å². The Morgan fingerprint density at radius 3 is 3.00 bits per heavy atom. The van der Waals surface area contributed by atoms with Crippen molar-refractivity contribution in [2.75, 3.05) is 12.0 Å². The molecule has 3 aromatic rings. The summed E-state index contributed by atoms with van der Waals surface area (Å²) in [6.45, 7) is 2.88. The maximum Gasteiger partial charge on any atom is 0.146 e. The molecule has 0 saturated heterocycles. The number of aromatic nitrogens is 1. The van der Waals surface area contributed by atoms with Gasteiger partial charge in [-0.05, 0) is 53.9 Å². The van der Waals surface area contributed by atoms with Gasteiger partial charge in [0.25, 0.3) is 0 Å². The molecule has 0 bridgehead atoms. The van der Waals surface area contributed by atoms with Crippen molar-refractivity contribution in [2.45, 2.75) is 19.8 Å². The van der Waals surface area contributed by atoms with Gasteiger partial charge in [-0.2, -0.15) is 5.10 Å². The number of hydrogen-bond donors (Lipinski definition) is 1. The quantitative estimate of drug-likeness (QED) is 0.573. The highest BCUT2D eigenvalue weighted by atomic mass is 16.5. The van der Waals surface area contributed by atoms with Gasteiger partial charge in [0.05, 0.1) is 17.8 Å². The Labute approximate surface area is 141 Å². The second-order valence-corrected chi connectivity index (χ2v) is 5.83. The van der Waals surface area contributed by atoms with Gasteiger partial charge in [-0.25, -0.2) is 4.98 Å². The average Bonchev–Trinajstić information content (AvgIpc) is 3.10. The van der Waals surface area contributed by atoms with E-state index in [0.29, 0.717) is 0 Å². The van der Waals surface area contributed by atoms with Gasteiger partial charge in [-0.1, -0.05) is 25.1 Å². The van der Waals surface area contributed by atoms with Crippen LogP contribution in [0.4, 0.5) is 5.82 Å². The first kappa shape index (κ1) is 14.7. The van der Waals surface area contributed by atoms with Crippen LogP contribution in [0.5, 0.6) is 5.75 Å². The van der Waals surface area contributed by atoms with Crippen molar-refractivity contribution in [1.82, 2.24) is 4.98 Å². The Balaban J connectivity index is 1.60. The minimum absolute atomic E-state index is 0.754. The number of nitrogens with one attached hydrogen (secondary N) is 1. The number of ether oxygens (including phenoxy) is 1. The highest BCUT2D eigenvalue weighted by Crippen LogP contribution is 2.26. The van der Waals surface area contributed by atoms with Crippen LogP contribution >= 0.6 is 0 Å². The standard InChI is InChI=1S/C20H19N3O/c1-2-17(15-7-9-19-16(13-15)11-12-24-19)22-23-20-10-8-14-5-3-4-6-18(14)21-20/h3-10,13H,2,11-12H2,1H3,(H,21,23)/b22-17+. The number of anilines is 1. The van der Waals surface area contributed by atoms with Crippen LogP contribution in [0.3, 0.4) is 0 Å². The molecule has 2 aromatic carbocycles. The summed E-state index contributed by atoms with van der Waals surface area (Å²) in [6.07, 6.45) is 1.82. The maximum absolute atomic E-state index is 5.57. The van der Waals surface area contributed by atoms with Gasteiger partial charge in [0.2, 0.25) is 0 Å². The number of fused-ring (bicyclic) bond motifs is 2. The number of nitrogens with zero attached hydrogens (tertiary/aromatic N) is 2. The fourth-order valence-electron chi connectivity index (χ4n) is 2.97. The third kappa shape index (κ3) is 2.83. The Kier molecular flexibility index (Phi) is 3.87. The van der Waals surface area contributed by atoms with Crippen LogP contribution < -0.4 is 10.2 Å². The molecular formula is C20H19N3O. The summed E-state index contributed by atoms with van der Waals surface area (Å²) in [7, 11) is 0. The van der Waals surface area contributed by atoms with E-state index in [9.17, 15) is 0 Å². The van der Waals surface area contributed by atoms with E-state index >= 15 is 0 Å². The Bertz CT molecular complexity index is 918. The van der Waals surface area contributed by atoms with Crippen molar-refractivity contribution in [1.29, 1.82) is 0 Å². The summed E-state index contributed by atoms with van der Waals surface area (Å²) in [5, 5.41) is 5.70. The molecule has 4 nitrogen and oxygen atoms in total. The molecule has 1 aromatic heterocycles. The van der Waals surface area contributed by atoms with Crippen LogP contribution in [0.15, 0.2) is 59.7 Å². The van der Waals surface area contributed by atoms with Crippen LogP contribution in [0.1, 0.15) is 24.5 Å². The molecule has 24 heavy (non-hydrogen) atoms. The first-order valence-electron chi connectivity index (χ1n) is 8.28. The van der Waals surface area contributed by atoms with E-state index in [4.69, 9.17) is 4.74 Å². The number of pyridine rings is 1. The topological polar surface area (TPSA) is 46.5 Å². The lowest BCUT2D eigenvalue weighted by Crippen LogP contribution is -2.04. The average molecular weight is 317 g/mol. The largest absolute Gasteiger partial charge is 0.493 e. The molecule has 0 unspecified atom stereocenters. The van der Waals surface area contributed by atoms with Crippen LogP contribution in [0.2, 0.25) is 0 Å². The highest BCUT2D eigenvalue weighted by molar-refractivity contribution is 6.01. The second kappa shape index (κ2) is 6.32. The van der Waals surface area contributed by atoms with Gasteiger partial charge in [0.1, 0.15) is 11.6 Å². The molecule has 4 rings (SSSR count). The van der Waals surface area contributed by atoms with Gasteiger partial charge >= 0.3 is 0 Å². The van der Waals surface area contributed by atoms with E-state index in [-0.39, 0.29) is 0 Å². The van der Waals surface area contributed by atoms with Crippen molar-refractivity contribution in [2.24, 2.45) is 5.10 Å². The fraction of sp³-hybridized carbons (Fsp3) is 0.200. The van der Waals surface area contributed by atoms with Crippen molar-refractivity contribution in [3.63, 3.8) is 0 Å². The zero-order valence-electron chi connectivity index (χ0n) is 13.6. The summed E-state index contributed by atoms with van der Waals surface area (Å²) >= 11 is 0. The minimum Gasteiger partial charge on any atom is -0.493 e. The van der Waals surface area contributed by atoms with E-state index in [1.807, 2.05) is 30.3 Å². The lowest BCUT2D eigenvalue weighted by atomic mass is 10.0. The molecule has 4 heteroatoms. The van der Waals surface area contributed by atoms with Crippen molar-refractivity contribution >= 4 is 22.4 Å². The van der Waals surface area contributed by atoms with Gasteiger partial charge in [0.15, 0.2) is 0 Å². The number of benzene rings is 2. The molecular weight excluding hydrogens is 298 g/mol. The molecule has 120 valence electrons. The number of rotatable bonds is 4. The van der Waals surface area contributed by atoms with Crippen molar-refractivity contribution in [3.8, 4) is 5.75 Å². The van der Waals surface area contributed by atoms with Gasteiger partial charge in [-0.15, -0.1) is 0 Å². The van der Waals surface area contributed by atoms with Crippen molar-refractivity contribution in [3.05, 3.63) is 65.7 Å². The van der Waals surface area contributed by atoms with Gasteiger partial charge < -0.3 is 4.74 Å². The van der Waals surface area contributed by atoms with E-state index in [0.717, 1.165) is 53.2 Å². The first-order valence-corrected chi connectivity index (χ1v) is 8.28. The number of hydrogen-bond acceptors (Lipinski definition) is 4. The predicted molar refractivity (Wildman–Crippen MR) is 97.8 cm³/mol. The fourth-order valence-corrected chi connectivity index (χ4v) is 2.97. The molecule has 0 spiro atoms. The second-order valence-electron chi connectivity index (χ2n) is 5.83. The molecule has 0 fully saturated rings. The van der Waals surface area contributed by atoms with Crippen LogP contribution in [0.25, 0.3) is 10.9 Å². The monoisotopic (exact) mass is 317 g/mol. The molecule has 0 saturated carbocycles. The normalized spacial score (nSPS) is 13.6. The van der Waals surface area contributed by atoms with E-state index in [1.165, 1.54) is 5.56 Å². The maximum atomic E-state index is 5.57. The predicted octanol–water partition coefficient (Wildman–Crippen LogP) is 4.40. The summed E-state index contributed by atoms with van der Waals surface area (Å²) in [5.74, 6) is 1.75. The summed E-state index contributed by atoms with van der Waals surface area (Å²) in [4.78, 5) is 4.59. The lowest BCUT2D eigenvalue weighted by Gasteiger charge is -2.08. The molecule has 1 N–H and O–H groups in total. The van der Waals surface area contributed by atoms with E-state index < -0.39 is 0 Å². The Morgan fingerprint density at radius 1 is 1.17 bits per heavy atom. The van der Waals surface area contributed by atoms with Crippen LogP contribution in [-0.2, 0) is 6.42 Å². The van der Waals surface area contributed by atoms with Gasteiger partial charge in [-0.3, -0.25) is 5.43 Å². The number of para-hydroxylation sites is 1. The zero-order valence-corrected chi connectivity index (χ0v) is 13.6. The summed E-state index contributed by atoms with van der Waals surface area (Å²) in [6, 6.07) is 18.4. The van der Waals surface area contributed by atoms with Crippen LogP contribution in [0, 0.1) is 0 Å². The van der Waals surface area contributed by atoms with Crippen molar-refractivity contribution < 1.29 is 4.74 Å². The lowest BCUT2D eigenvalue weighted by molar-refractivity contribution is 0.357. The molecule has 0 radical (unpaired) electrons. The van der Waals surface area contributed by atoms with E-state index in [1.54, 1.807) is 0 Å². The molecule has 0 aliphatic carbocycles. The summed E-state index contributed by atoms with van der Waals surface area (Å²) < 4.78 is 5.57. The third-order valence-corrected chi connectivity index (χ3v) is 4.26. The summed E-state index contributed by atoms with van der Waals surface area (Å²) in [5.41, 5.74) is 7.47. The minimum atomic E-state index is 0.754. The molecule has 0 amide bonds.